The summed E-state index contributed by atoms with van der Waals surface area (Å²) < 4.78 is 6.00. The molecule has 0 radical (unpaired) electrons. The van der Waals surface area contributed by atoms with Crippen LogP contribution < -0.4 is 4.90 Å². The molecule has 6 nitrogen and oxygen atoms in total. The molecule has 26 heavy (non-hydrogen) atoms. The number of amides is 1. The summed E-state index contributed by atoms with van der Waals surface area (Å²) in [6.45, 7) is 1.26. The second kappa shape index (κ2) is 7.58. The van der Waals surface area contributed by atoms with Gasteiger partial charge in [0, 0.05) is 18.7 Å². The third-order valence-electron chi connectivity index (χ3n) is 5.67. The Labute approximate surface area is 154 Å². The third kappa shape index (κ3) is 3.51. The molecule has 1 atom stereocenters. The highest BCUT2D eigenvalue weighted by atomic mass is 16.4. The Hall–Kier alpha value is -2.21. The molecule has 0 N–H and O–H groups in total. The van der Waals surface area contributed by atoms with Gasteiger partial charge in [-0.25, -0.2) is 0 Å². The van der Waals surface area contributed by atoms with E-state index < -0.39 is 0 Å². The van der Waals surface area contributed by atoms with Crippen molar-refractivity contribution in [1.82, 2.24) is 15.1 Å². The highest BCUT2D eigenvalue weighted by molar-refractivity contribution is 5.94. The molecule has 0 spiro atoms. The Kier molecular flexibility index (Phi) is 5.02. The molecule has 1 amide bonds. The molecule has 2 aliphatic rings. The van der Waals surface area contributed by atoms with E-state index in [9.17, 15) is 4.79 Å². The van der Waals surface area contributed by atoms with Crippen LogP contribution in [-0.4, -0.2) is 41.1 Å². The van der Waals surface area contributed by atoms with Gasteiger partial charge in [-0.05, 0) is 44.4 Å². The Morgan fingerprint density at radius 2 is 1.88 bits per heavy atom. The average molecular weight is 354 g/mol. The van der Waals surface area contributed by atoms with E-state index in [4.69, 9.17) is 4.42 Å². The van der Waals surface area contributed by atoms with Crippen LogP contribution >= 0.6 is 0 Å². The maximum Gasteiger partial charge on any atom is 0.240 e. The van der Waals surface area contributed by atoms with Gasteiger partial charge in [0.25, 0.3) is 0 Å². The van der Waals surface area contributed by atoms with Crippen LogP contribution in [0.3, 0.4) is 0 Å². The van der Waals surface area contributed by atoms with Crippen molar-refractivity contribution in [2.45, 2.75) is 50.5 Å². The predicted octanol–water partition coefficient (Wildman–Crippen LogP) is 3.53. The highest BCUT2D eigenvalue weighted by Gasteiger charge is 2.32. The lowest BCUT2D eigenvalue weighted by molar-refractivity contribution is -0.120. The molecule has 0 bridgehead atoms. The lowest BCUT2D eigenvalue weighted by Crippen LogP contribution is -2.42. The minimum absolute atomic E-state index is 0.0539. The molecule has 1 saturated carbocycles. The lowest BCUT2D eigenvalue weighted by atomic mass is 9.85. The van der Waals surface area contributed by atoms with Crippen molar-refractivity contribution in [2.24, 2.45) is 0 Å². The van der Waals surface area contributed by atoms with Crippen LogP contribution in [0.4, 0.5) is 5.69 Å². The smallest absolute Gasteiger partial charge is 0.240 e. The largest absolute Gasteiger partial charge is 0.423 e. The summed E-state index contributed by atoms with van der Waals surface area (Å²) in [5.74, 6) is 1.99. The number of hydrogen-bond donors (Lipinski definition) is 0. The topological polar surface area (TPSA) is 62.5 Å². The van der Waals surface area contributed by atoms with E-state index in [0.717, 1.165) is 50.2 Å². The normalized spacial score (nSPS) is 21.3. The molecule has 1 saturated heterocycles. The Morgan fingerprint density at radius 3 is 2.62 bits per heavy atom. The quantitative estimate of drug-likeness (QED) is 0.822. The van der Waals surface area contributed by atoms with Gasteiger partial charge in [-0.15, -0.1) is 10.2 Å². The average Bonchev–Trinajstić information content (AvgIpc) is 3.10. The van der Waals surface area contributed by atoms with Gasteiger partial charge in [-0.3, -0.25) is 9.69 Å². The van der Waals surface area contributed by atoms with Crippen molar-refractivity contribution in [3.05, 3.63) is 42.1 Å². The molecule has 138 valence electrons. The molecule has 1 aliphatic heterocycles. The molecular formula is C20H26N4O2. The van der Waals surface area contributed by atoms with Crippen molar-refractivity contribution in [2.75, 3.05) is 25.0 Å². The second-order valence-electron chi connectivity index (χ2n) is 7.38. The maximum absolute atomic E-state index is 12.8. The number of piperidine rings is 1. The summed E-state index contributed by atoms with van der Waals surface area (Å²) in [6.07, 6.45) is 6.74. The summed E-state index contributed by atoms with van der Waals surface area (Å²) >= 11 is 0. The van der Waals surface area contributed by atoms with Gasteiger partial charge >= 0.3 is 0 Å². The minimum atomic E-state index is 0.0539. The number of nitrogens with zero attached hydrogens (tertiary/aromatic N) is 4. The maximum atomic E-state index is 12.8. The van der Waals surface area contributed by atoms with Gasteiger partial charge in [0.2, 0.25) is 17.7 Å². The summed E-state index contributed by atoms with van der Waals surface area (Å²) in [7, 11) is 1.83. The van der Waals surface area contributed by atoms with Gasteiger partial charge in [-0.1, -0.05) is 31.0 Å². The fourth-order valence-corrected chi connectivity index (χ4v) is 3.74. The first kappa shape index (κ1) is 17.2. The number of benzene rings is 1. The van der Waals surface area contributed by atoms with Crippen molar-refractivity contribution in [3.8, 4) is 0 Å². The molecule has 6 heteroatoms. The molecular weight excluding hydrogens is 328 g/mol. The molecule has 1 aromatic heterocycles. The number of hydrogen-bond acceptors (Lipinski definition) is 5. The molecule has 4 rings (SSSR count). The first-order valence-electron chi connectivity index (χ1n) is 9.61. The number of likely N-dealkylation sites (N-methyl/N-ethyl adjacent to an activating group) is 1. The van der Waals surface area contributed by atoms with E-state index in [-0.39, 0.29) is 11.9 Å². The van der Waals surface area contributed by atoms with Crippen LogP contribution in [0.25, 0.3) is 0 Å². The van der Waals surface area contributed by atoms with Gasteiger partial charge in [0.1, 0.15) is 0 Å². The zero-order valence-corrected chi connectivity index (χ0v) is 15.3. The number of aromatic nitrogens is 2. The van der Waals surface area contributed by atoms with E-state index in [1.54, 1.807) is 4.90 Å². The van der Waals surface area contributed by atoms with Crippen LogP contribution in [0.15, 0.2) is 34.7 Å². The Bertz CT molecular complexity index is 741. The van der Waals surface area contributed by atoms with E-state index in [1.165, 1.54) is 6.42 Å². The zero-order valence-electron chi connectivity index (χ0n) is 15.3. The monoisotopic (exact) mass is 354 g/mol. The van der Waals surface area contributed by atoms with Gasteiger partial charge < -0.3 is 9.32 Å². The van der Waals surface area contributed by atoms with Gasteiger partial charge in [0.15, 0.2) is 0 Å². The van der Waals surface area contributed by atoms with E-state index >= 15 is 0 Å². The first-order chi connectivity index (χ1) is 12.7. The molecule has 2 aromatic rings. The van der Waals surface area contributed by atoms with Crippen molar-refractivity contribution in [3.63, 3.8) is 0 Å². The number of para-hydroxylation sites is 1. The molecule has 1 aromatic carbocycles. The van der Waals surface area contributed by atoms with Crippen molar-refractivity contribution >= 4 is 11.6 Å². The number of likely N-dealkylation sites (tertiary alicyclic amines) is 1. The fourth-order valence-electron chi connectivity index (χ4n) is 3.74. The fraction of sp³-hybridized carbons (Fsp3) is 0.550. The van der Waals surface area contributed by atoms with Crippen LogP contribution in [0, 0.1) is 0 Å². The van der Waals surface area contributed by atoms with Crippen molar-refractivity contribution in [1.29, 1.82) is 0 Å². The number of carbonyl (C=O) groups excluding carboxylic acids is 1. The molecule has 2 heterocycles. The SMILES string of the molecule is CN(C(=O)CN1CCCC[C@H]1c1nnc(C2CCC2)o1)c1ccccc1. The van der Waals surface area contributed by atoms with Crippen LogP contribution in [0.1, 0.15) is 62.3 Å². The summed E-state index contributed by atoms with van der Waals surface area (Å²) in [4.78, 5) is 16.7. The van der Waals surface area contributed by atoms with Gasteiger partial charge in [0.05, 0.1) is 12.6 Å². The van der Waals surface area contributed by atoms with Gasteiger partial charge in [-0.2, -0.15) is 0 Å². The molecule has 2 fully saturated rings. The lowest BCUT2D eigenvalue weighted by Gasteiger charge is -2.34. The summed E-state index contributed by atoms with van der Waals surface area (Å²) in [5, 5.41) is 8.59. The number of anilines is 1. The third-order valence-corrected chi connectivity index (χ3v) is 5.67. The standard InChI is InChI=1S/C20H26N4O2/c1-23(16-10-3-2-4-11-16)18(25)14-24-13-6-5-12-17(24)20-22-21-19(26-20)15-8-7-9-15/h2-4,10-11,15,17H,5-9,12-14H2,1H3/t17-/m0/s1. The summed E-state index contributed by atoms with van der Waals surface area (Å²) in [5.41, 5.74) is 0.913. The zero-order chi connectivity index (χ0) is 17.9. The van der Waals surface area contributed by atoms with E-state index in [1.807, 2.05) is 37.4 Å². The van der Waals surface area contributed by atoms with E-state index in [0.29, 0.717) is 18.4 Å². The highest BCUT2D eigenvalue weighted by Crippen LogP contribution is 2.37. The van der Waals surface area contributed by atoms with Crippen LogP contribution in [-0.2, 0) is 4.79 Å². The van der Waals surface area contributed by atoms with Crippen LogP contribution in [0.5, 0.6) is 0 Å². The Morgan fingerprint density at radius 1 is 1.12 bits per heavy atom. The molecule has 1 aliphatic carbocycles. The number of carbonyl (C=O) groups is 1. The summed E-state index contributed by atoms with van der Waals surface area (Å²) in [6, 6.07) is 9.81. The Balaban J connectivity index is 1.45. The first-order valence-corrected chi connectivity index (χ1v) is 9.61. The predicted molar refractivity (Wildman–Crippen MR) is 98.9 cm³/mol. The van der Waals surface area contributed by atoms with E-state index in [2.05, 4.69) is 15.1 Å². The molecule has 0 unspecified atom stereocenters. The van der Waals surface area contributed by atoms with Crippen molar-refractivity contribution < 1.29 is 9.21 Å². The minimum Gasteiger partial charge on any atom is -0.423 e. The van der Waals surface area contributed by atoms with Crippen LogP contribution in [0.2, 0.25) is 0 Å². The number of rotatable bonds is 5. The second-order valence-corrected chi connectivity index (χ2v) is 7.38.